The van der Waals surface area contributed by atoms with Gasteiger partial charge in [0.05, 0.1) is 10.6 Å². The first-order valence-corrected chi connectivity index (χ1v) is 7.52. The summed E-state index contributed by atoms with van der Waals surface area (Å²) in [5.74, 6) is -0.987. The van der Waals surface area contributed by atoms with Gasteiger partial charge in [-0.15, -0.1) is 0 Å². The van der Waals surface area contributed by atoms with Gasteiger partial charge in [0.15, 0.2) is 5.78 Å². The highest BCUT2D eigenvalue weighted by atomic mass is 35.7. The molecule has 4 nitrogen and oxygen atoms in total. The molecule has 2 rings (SSSR count). The molecule has 0 aromatic heterocycles. The van der Waals surface area contributed by atoms with Gasteiger partial charge in [-0.2, -0.15) is 0 Å². The van der Waals surface area contributed by atoms with E-state index >= 15 is 0 Å². The van der Waals surface area contributed by atoms with Crippen LogP contribution in [-0.4, -0.2) is 19.9 Å². The molecular weight excluding hydrogens is 274 g/mol. The molecule has 2 aliphatic rings. The summed E-state index contributed by atoms with van der Waals surface area (Å²) in [6.07, 6.45) is 9.60. The van der Waals surface area contributed by atoms with Crippen molar-refractivity contribution in [2.75, 3.05) is 0 Å². The Balaban J connectivity index is 2.64. The summed E-state index contributed by atoms with van der Waals surface area (Å²) in [5, 5.41) is 7.53. The summed E-state index contributed by atoms with van der Waals surface area (Å²) >= 11 is 0. The third-order valence-corrected chi connectivity index (χ3v) is 4.24. The summed E-state index contributed by atoms with van der Waals surface area (Å²) in [6, 6.07) is 0. The first-order chi connectivity index (χ1) is 8.39. The van der Waals surface area contributed by atoms with E-state index in [4.69, 9.17) is 16.1 Å². The van der Waals surface area contributed by atoms with Gasteiger partial charge in [-0.3, -0.25) is 10.2 Å². The number of fused-ring (bicyclic) bond motifs is 1. The number of nitrogens with one attached hydrogen (secondary N) is 1. The minimum Gasteiger partial charge on any atom is -0.297 e. The zero-order valence-corrected chi connectivity index (χ0v) is 10.8. The van der Waals surface area contributed by atoms with Crippen molar-refractivity contribution >= 4 is 31.2 Å². The normalized spacial score (nSPS) is 23.9. The quantitative estimate of drug-likeness (QED) is 0.749. The van der Waals surface area contributed by atoms with Crippen LogP contribution < -0.4 is 0 Å². The van der Waals surface area contributed by atoms with Crippen LogP contribution in [0, 0.1) is 11.3 Å². The number of halogens is 1. The van der Waals surface area contributed by atoms with Crippen molar-refractivity contribution in [1.29, 1.82) is 5.41 Å². The van der Waals surface area contributed by atoms with Gasteiger partial charge < -0.3 is 0 Å². The van der Waals surface area contributed by atoms with Crippen LogP contribution in [0.3, 0.4) is 0 Å². The van der Waals surface area contributed by atoms with Crippen LogP contribution in [-0.2, 0) is 13.8 Å². The van der Waals surface area contributed by atoms with E-state index in [2.05, 4.69) is 0 Å². The predicted molar refractivity (Wildman–Crippen MR) is 70.1 cm³/mol. The fourth-order valence-electron chi connectivity index (χ4n) is 1.91. The summed E-state index contributed by atoms with van der Waals surface area (Å²) in [7, 11) is 1.41. The van der Waals surface area contributed by atoms with E-state index in [1.54, 1.807) is 30.4 Å². The molecule has 0 radical (unpaired) electrons. The monoisotopic (exact) mass is 283 g/mol. The maximum Gasteiger partial charge on any atom is 0.258 e. The second-order valence-corrected chi connectivity index (χ2v) is 6.55. The molecule has 1 unspecified atom stereocenters. The number of carbonyl (C=O) groups excluding carboxylic acids is 1. The lowest BCUT2D eigenvalue weighted by Gasteiger charge is -2.14. The van der Waals surface area contributed by atoms with Gasteiger partial charge in [0.25, 0.3) is 9.05 Å². The van der Waals surface area contributed by atoms with E-state index in [9.17, 15) is 13.2 Å². The Hall–Kier alpha value is -1.46. The molecule has 18 heavy (non-hydrogen) atoms. The van der Waals surface area contributed by atoms with Crippen LogP contribution in [0.1, 0.15) is 6.42 Å². The zero-order chi connectivity index (χ0) is 13.3. The summed E-state index contributed by atoms with van der Waals surface area (Å²) < 4.78 is 23.1. The predicted octanol–water partition coefficient (Wildman–Crippen LogP) is 2.10. The van der Waals surface area contributed by atoms with Gasteiger partial charge in [-0.05, 0) is 6.08 Å². The fraction of sp³-hybridized carbons (Fsp3) is 0.167. The standard InChI is InChI=1S/C12H10ClNO3S/c13-18(16,17)12-7-10(14)11(15)6-8-4-2-1-3-5-9(8)12/h1-5,7,9,14H,6H2. The Morgan fingerprint density at radius 1 is 1.28 bits per heavy atom. The molecule has 1 N–H and O–H groups in total. The fourth-order valence-corrected chi connectivity index (χ4v) is 3.12. The van der Waals surface area contributed by atoms with Crippen molar-refractivity contribution in [2.45, 2.75) is 6.42 Å². The summed E-state index contributed by atoms with van der Waals surface area (Å²) in [4.78, 5) is 11.5. The number of hydrogen-bond donors (Lipinski definition) is 1. The molecule has 0 amide bonds. The van der Waals surface area contributed by atoms with E-state index in [1.807, 2.05) is 0 Å². The van der Waals surface area contributed by atoms with E-state index in [0.717, 1.165) is 6.08 Å². The molecular formula is C12H10ClNO3S. The third kappa shape index (κ3) is 2.52. The minimum atomic E-state index is -3.97. The van der Waals surface area contributed by atoms with E-state index in [-0.39, 0.29) is 17.0 Å². The van der Waals surface area contributed by atoms with Crippen LogP contribution in [0.15, 0.2) is 46.9 Å². The van der Waals surface area contributed by atoms with Crippen LogP contribution >= 0.6 is 10.7 Å². The molecule has 0 aromatic carbocycles. The molecule has 0 bridgehead atoms. The molecule has 0 aliphatic heterocycles. The molecule has 0 aromatic rings. The molecule has 94 valence electrons. The number of allylic oxidation sites excluding steroid dienone is 8. The Labute approximate surface area is 109 Å². The van der Waals surface area contributed by atoms with E-state index < -0.39 is 20.8 Å². The van der Waals surface area contributed by atoms with E-state index in [0.29, 0.717) is 5.57 Å². The topological polar surface area (TPSA) is 75.1 Å². The first kappa shape index (κ1) is 13.0. The van der Waals surface area contributed by atoms with E-state index in [1.165, 1.54) is 0 Å². The number of ketones is 1. The zero-order valence-electron chi connectivity index (χ0n) is 9.26. The highest BCUT2D eigenvalue weighted by Crippen LogP contribution is 2.34. The van der Waals surface area contributed by atoms with Gasteiger partial charge >= 0.3 is 0 Å². The number of Topliss-reactive ketones (excluding diaryl/α,β-unsaturated/α-hetero) is 1. The molecule has 6 heteroatoms. The minimum absolute atomic E-state index is 0.0323. The van der Waals surface area contributed by atoms with Crippen LogP contribution in [0.25, 0.3) is 0 Å². The SMILES string of the molecule is N=C1C=C(S(=O)(=O)Cl)C2C=CC=CC=C2CC1=O. The average Bonchev–Trinajstić information content (AvgIpc) is 2.54. The summed E-state index contributed by atoms with van der Waals surface area (Å²) in [5.41, 5.74) is 0.295. The molecule has 0 saturated carbocycles. The smallest absolute Gasteiger partial charge is 0.258 e. The Kier molecular flexibility index (Phi) is 3.36. The second kappa shape index (κ2) is 4.66. The average molecular weight is 284 g/mol. The number of carbonyl (C=O) groups is 1. The Bertz CT molecular complexity index is 638. The number of hydrogen-bond acceptors (Lipinski definition) is 4. The van der Waals surface area contributed by atoms with Crippen molar-refractivity contribution in [3.63, 3.8) is 0 Å². The molecule has 0 saturated heterocycles. The van der Waals surface area contributed by atoms with Crippen molar-refractivity contribution in [2.24, 2.45) is 5.92 Å². The first-order valence-electron chi connectivity index (χ1n) is 5.21. The van der Waals surface area contributed by atoms with Crippen LogP contribution in [0.2, 0.25) is 0 Å². The Morgan fingerprint density at radius 3 is 2.67 bits per heavy atom. The maximum absolute atomic E-state index is 11.7. The van der Waals surface area contributed by atoms with Gasteiger partial charge in [-0.25, -0.2) is 8.42 Å². The van der Waals surface area contributed by atoms with Gasteiger partial charge in [0, 0.05) is 23.0 Å². The van der Waals surface area contributed by atoms with Crippen LogP contribution in [0.4, 0.5) is 0 Å². The molecule has 0 fully saturated rings. The van der Waals surface area contributed by atoms with Gasteiger partial charge in [-0.1, -0.05) is 36.0 Å². The highest BCUT2D eigenvalue weighted by molar-refractivity contribution is 8.16. The van der Waals surface area contributed by atoms with Gasteiger partial charge in [0.1, 0.15) is 0 Å². The maximum atomic E-state index is 11.7. The van der Waals surface area contributed by atoms with Crippen molar-refractivity contribution in [3.8, 4) is 0 Å². The lowest BCUT2D eigenvalue weighted by Crippen LogP contribution is -2.10. The summed E-state index contributed by atoms with van der Waals surface area (Å²) in [6.45, 7) is 0. The van der Waals surface area contributed by atoms with Crippen molar-refractivity contribution in [1.82, 2.24) is 0 Å². The largest absolute Gasteiger partial charge is 0.297 e. The third-order valence-electron chi connectivity index (χ3n) is 2.78. The molecule has 0 heterocycles. The van der Waals surface area contributed by atoms with Crippen LogP contribution in [0.5, 0.6) is 0 Å². The lowest BCUT2D eigenvalue weighted by atomic mass is 9.96. The Morgan fingerprint density at radius 2 is 2.00 bits per heavy atom. The van der Waals surface area contributed by atoms with Crippen molar-refractivity contribution < 1.29 is 13.2 Å². The van der Waals surface area contributed by atoms with Crippen molar-refractivity contribution in [3.05, 3.63) is 46.9 Å². The number of rotatable bonds is 1. The highest BCUT2D eigenvalue weighted by Gasteiger charge is 2.31. The molecule has 1 atom stereocenters. The lowest BCUT2D eigenvalue weighted by molar-refractivity contribution is -0.112. The molecule has 2 aliphatic carbocycles. The molecule has 0 spiro atoms. The van der Waals surface area contributed by atoms with Gasteiger partial charge in [0.2, 0.25) is 0 Å². The second-order valence-electron chi connectivity index (χ2n) is 3.99.